The second kappa shape index (κ2) is 11.1. The lowest BCUT2D eigenvalue weighted by atomic mass is 10.1. The molecule has 29 heavy (non-hydrogen) atoms. The molecule has 0 fully saturated rings. The van der Waals surface area contributed by atoms with Crippen LogP contribution in [0.1, 0.15) is 18.9 Å². The fourth-order valence-corrected chi connectivity index (χ4v) is 3.96. The first-order valence-electron chi connectivity index (χ1n) is 9.59. The number of thiazole rings is 1. The highest BCUT2D eigenvalue weighted by Crippen LogP contribution is 2.32. The predicted octanol–water partition coefficient (Wildman–Crippen LogP) is 4.64. The van der Waals surface area contributed by atoms with Crippen molar-refractivity contribution < 1.29 is 9.53 Å². The van der Waals surface area contributed by atoms with E-state index in [4.69, 9.17) is 9.72 Å². The Bertz CT molecular complexity index is 915. The minimum Gasteiger partial charge on any atom is -0.494 e. The molecule has 156 valence electrons. The number of halogens is 1. The molecule has 0 saturated heterocycles. The lowest BCUT2D eigenvalue weighted by Gasteiger charge is -2.22. The molecule has 1 amide bonds. The summed E-state index contributed by atoms with van der Waals surface area (Å²) < 4.78 is 6.62. The van der Waals surface area contributed by atoms with Crippen molar-refractivity contribution in [1.29, 1.82) is 0 Å². The fraction of sp³-hybridized carbons (Fsp3) is 0.364. The summed E-state index contributed by atoms with van der Waals surface area (Å²) in [7, 11) is 4.03. The van der Waals surface area contributed by atoms with E-state index in [2.05, 4.69) is 17.0 Å². The summed E-state index contributed by atoms with van der Waals surface area (Å²) in [5, 5.41) is 0.753. The van der Waals surface area contributed by atoms with Crippen LogP contribution in [-0.4, -0.2) is 49.6 Å². The average molecular weight is 434 g/mol. The molecule has 1 aromatic heterocycles. The molecule has 0 aliphatic rings. The van der Waals surface area contributed by atoms with Crippen molar-refractivity contribution in [2.24, 2.45) is 0 Å². The molecule has 0 aliphatic heterocycles. The van der Waals surface area contributed by atoms with Crippen molar-refractivity contribution in [3.63, 3.8) is 0 Å². The Hall–Kier alpha value is -2.15. The number of aryl methyl sites for hydroxylation is 1. The first kappa shape index (κ1) is 23.1. The van der Waals surface area contributed by atoms with Crippen LogP contribution < -0.4 is 9.64 Å². The lowest BCUT2D eigenvalue weighted by Crippen LogP contribution is -2.36. The standard InChI is InChI=1S/C22H27N3O2S.ClH/c1-4-27-18-11-12-19-20(16-18)28-22(23-19)25(15-14-24(2)3)21(26)13-10-17-8-6-5-7-9-17;/h5-9,11-12,16H,4,10,13-15H2,1-3H3;1H. The summed E-state index contributed by atoms with van der Waals surface area (Å²) in [6.07, 6.45) is 1.20. The molecule has 3 rings (SSSR count). The van der Waals surface area contributed by atoms with Gasteiger partial charge in [-0.1, -0.05) is 41.7 Å². The number of hydrogen-bond donors (Lipinski definition) is 0. The maximum Gasteiger partial charge on any atom is 0.229 e. The number of nitrogens with zero attached hydrogens (tertiary/aromatic N) is 3. The maximum absolute atomic E-state index is 13.0. The van der Waals surface area contributed by atoms with Crippen LogP contribution in [0, 0.1) is 0 Å². The van der Waals surface area contributed by atoms with Crippen LogP contribution in [0.25, 0.3) is 10.2 Å². The first-order chi connectivity index (χ1) is 13.6. The molecule has 3 aromatic rings. The third-order valence-corrected chi connectivity index (χ3v) is 5.47. The first-order valence-corrected chi connectivity index (χ1v) is 10.4. The summed E-state index contributed by atoms with van der Waals surface area (Å²) in [4.78, 5) is 21.7. The van der Waals surface area contributed by atoms with Gasteiger partial charge in [0.05, 0.1) is 16.8 Å². The maximum atomic E-state index is 13.0. The Kier molecular flexibility index (Phi) is 8.89. The topological polar surface area (TPSA) is 45.7 Å². The lowest BCUT2D eigenvalue weighted by molar-refractivity contribution is -0.118. The van der Waals surface area contributed by atoms with Gasteiger partial charge in [0, 0.05) is 19.5 Å². The molecular formula is C22H28ClN3O2S. The van der Waals surface area contributed by atoms with Crippen LogP contribution >= 0.6 is 23.7 Å². The van der Waals surface area contributed by atoms with Crippen molar-refractivity contribution in [3.8, 4) is 5.75 Å². The van der Waals surface area contributed by atoms with Gasteiger partial charge in [0.25, 0.3) is 0 Å². The zero-order valence-electron chi connectivity index (χ0n) is 17.1. The van der Waals surface area contributed by atoms with Crippen LogP contribution in [0.4, 0.5) is 5.13 Å². The Balaban J connectivity index is 0.00000300. The summed E-state index contributed by atoms with van der Waals surface area (Å²) in [6.45, 7) is 4.01. The Morgan fingerprint density at radius 1 is 1.10 bits per heavy atom. The van der Waals surface area contributed by atoms with E-state index in [-0.39, 0.29) is 18.3 Å². The number of amides is 1. The van der Waals surface area contributed by atoms with Gasteiger partial charge in [-0.25, -0.2) is 4.98 Å². The zero-order chi connectivity index (χ0) is 19.9. The van der Waals surface area contributed by atoms with E-state index >= 15 is 0 Å². The predicted molar refractivity (Wildman–Crippen MR) is 124 cm³/mol. The van der Waals surface area contributed by atoms with Crippen molar-refractivity contribution in [2.75, 3.05) is 38.7 Å². The van der Waals surface area contributed by atoms with E-state index in [1.807, 2.05) is 62.3 Å². The van der Waals surface area contributed by atoms with Gasteiger partial charge >= 0.3 is 0 Å². The summed E-state index contributed by atoms with van der Waals surface area (Å²) in [5.41, 5.74) is 2.07. The van der Waals surface area contributed by atoms with E-state index < -0.39 is 0 Å². The van der Waals surface area contributed by atoms with Crippen LogP contribution in [0.5, 0.6) is 5.75 Å². The molecule has 0 aliphatic carbocycles. The Morgan fingerprint density at radius 2 is 1.86 bits per heavy atom. The van der Waals surface area contributed by atoms with Crippen molar-refractivity contribution in [1.82, 2.24) is 9.88 Å². The molecule has 2 aromatic carbocycles. The van der Waals surface area contributed by atoms with Crippen LogP contribution in [0.15, 0.2) is 48.5 Å². The van der Waals surface area contributed by atoms with Gasteiger partial charge in [0.1, 0.15) is 5.75 Å². The van der Waals surface area contributed by atoms with E-state index in [0.717, 1.165) is 34.1 Å². The second-order valence-electron chi connectivity index (χ2n) is 6.89. The zero-order valence-corrected chi connectivity index (χ0v) is 18.8. The van der Waals surface area contributed by atoms with E-state index in [1.54, 1.807) is 11.3 Å². The minimum absolute atomic E-state index is 0. The molecule has 5 nitrogen and oxygen atoms in total. The largest absolute Gasteiger partial charge is 0.494 e. The van der Waals surface area contributed by atoms with Gasteiger partial charge in [-0.2, -0.15) is 0 Å². The van der Waals surface area contributed by atoms with Crippen LogP contribution in [-0.2, 0) is 11.2 Å². The van der Waals surface area contributed by atoms with Gasteiger partial charge in [-0.3, -0.25) is 9.69 Å². The number of rotatable bonds is 9. The molecule has 0 unspecified atom stereocenters. The Labute approximate surface area is 182 Å². The molecule has 0 N–H and O–H groups in total. The number of carbonyl (C=O) groups is 1. The molecule has 7 heteroatoms. The molecular weight excluding hydrogens is 406 g/mol. The Morgan fingerprint density at radius 3 is 2.55 bits per heavy atom. The van der Waals surface area contributed by atoms with E-state index in [1.165, 1.54) is 5.56 Å². The minimum atomic E-state index is 0. The number of fused-ring (bicyclic) bond motifs is 1. The molecule has 0 saturated carbocycles. The highest BCUT2D eigenvalue weighted by atomic mass is 35.5. The van der Waals surface area contributed by atoms with Gasteiger partial charge in [-0.15, -0.1) is 12.4 Å². The smallest absolute Gasteiger partial charge is 0.229 e. The van der Waals surface area contributed by atoms with Gasteiger partial charge in [-0.05, 0) is 51.2 Å². The average Bonchev–Trinajstić information content (AvgIpc) is 3.10. The molecule has 1 heterocycles. The summed E-state index contributed by atoms with van der Waals surface area (Å²) in [5.74, 6) is 0.940. The third kappa shape index (κ3) is 6.42. The highest BCUT2D eigenvalue weighted by Gasteiger charge is 2.20. The molecule has 0 radical (unpaired) electrons. The number of anilines is 1. The summed E-state index contributed by atoms with van der Waals surface area (Å²) in [6, 6.07) is 16.0. The highest BCUT2D eigenvalue weighted by molar-refractivity contribution is 7.22. The van der Waals surface area contributed by atoms with Gasteiger partial charge in [0.15, 0.2) is 5.13 Å². The number of hydrogen-bond acceptors (Lipinski definition) is 5. The van der Waals surface area contributed by atoms with Crippen molar-refractivity contribution in [2.45, 2.75) is 19.8 Å². The number of carbonyl (C=O) groups excluding carboxylic acids is 1. The number of ether oxygens (including phenoxy) is 1. The molecule has 0 bridgehead atoms. The quantitative estimate of drug-likeness (QED) is 0.493. The SMILES string of the molecule is CCOc1ccc2nc(N(CCN(C)C)C(=O)CCc3ccccc3)sc2c1.Cl. The molecule has 0 atom stereocenters. The number of aromatic nitrogens is 1. The van der Waals surface area contributed by atoms with Crippen molar-refractivity contribution in [3.05, 3.63) is 54.1 Å². The van der Waals surface area contributed by atoms with Gasteiger partial charge in [0.2, 0.25) is 5.91 Å². The normalized spacial score (nSPS) is 10.8. The molecule has 0 spiro atoms. The van der Waals surface area contributed by atoms with E-state index in [9.17, 15) is 4.79 Å². The number of benzene rings is 2. The fourth-order valence-electron chi connectivity index (χ4n) is 2.92. The number of likely N-dealkylation sites (N-methyl/N-ethyl adjacent to an activating group) is 1. The van der Waals surface area contributed by atoms with Crippen LogP contribution in [0.2, 0.25) is 0 Å². The van der Waals surface area contributed by atoms with E-state index in [0.29, 0.717) is 19.6 Å². The second-order valence-corrected chi connectivity index (χ2v) is 7.90. The monoisotopic (exact) mass is 433 g/mol. The third-order valence-electron chi connectivity index (χ3n) is 4.43. The van der Waals surface area contributed by atoms with Crippen LogP contribution in [0.3, 0.4) is 0 Å². The van der Waals surface area contributed by atoms with Gasteiger partial charge < -0.3 is 9.64 Å². The summed E-state index contributed by atoms with van der Waals surface area (Å²) >= 11 is 1.54. The van der Waals surface area contributed by atoms with Crippen molar-refractivity contribution >= 4 is 45.0 Å².